The molecule has 1 saturated heterocycles. The summed E-state index contributed by atoms with van der Waals surface area (Å²) in [5, 5.41) is 8.88. The van der Waals surface area contributed by atoms with Crippen molar-refractivity contribution in [2.45, 2.75) is 45.3 Å². The van der Waals surface area contributed by atoms with Crippen LogP contribution in [0.15, 0.2) is 30.3 Å². The molecule has 0 bridgehead atoms. The number of nitriles is 1. The van der Waals surface area contributed by atoms with Crippen LogP contribution in [-0.4, -0.2) is 22.9 Å². The van der Waals surface area contributed by atoms with E-state index in [1.807, 2.05) is 43.3 Å². The second kappa shape index (κ2) is 7.08. The van der Waals surface area contributed by atoms with Gasteiger partial charge in [0.05, 0.1) is 18.0 Å². The van der Waals surface area contributed by atoms with Crippen molar-refractivity contribution in [1.29, 1.82) is 5.26 Å². The molecule has 0 spiro atoms. The number of carbonyl (C=O) groups is 2. The Morgan fingerprint density at radius 3 is 2.68 bits per heavy atom. The molecule has 1 fully saturated rings. The third-order valence-corrected chi connectivity index (χ3v) is 3.96. The van der Waals surface area contributed by atoms with E-state index in [4.69, 9.17) is 10.00 Å². The van der Waals surface area contributed by atoms with Crippen molar-refractivity contribution in [3.63, 3.8) is 0 Å². The van der Waals surface area contributed by atoms with Gasteiger partial charge in [-0.05, 0) is 18.9 Å². The zero-order valence-electron chi connectivity index (χ0n) is 12.9. The Morgan fingerprint density at radius 1 is 1.41 bits per heavy atom. The van der Waals surface area contributed by atoms with Crippen LogP contribution >= 0.6 is 0 Å². The van der Waals surface area contributed by atoms with E-state index < -0.39 is 18.1 Å². The van der Waals surface area contributed by atoms with Crippen LogP contribution in [0.5, 0.6) is 0 Å². The number of carbonyl (C=O) groups excluding carboxylic acids is 2. The highest BCUT2D eigenvalue weighted by molar-refractivity contribution is 5.95. The first-order chi connectivity index (χ1) is 10.6. The van der Waals surface area contributed by atoms with Crippen LogP contribution in [0.2, 0.25) is 0 Å². The first-order valence-corrected chi connectivity index (χ1v) is 7.55. The van der Waals surface area contributed by atoms with E-state index >= 15 is 0 Å². The van der Waals surface area contributed by atoms with Gasteiger partial charge in [-0.15, -0.1) is 0 Å². The molecule has 116 valence electrons. The highest BCUT2D eigenvalue weighted by Crippen LogP contribution is 2.33. The summed E-state index contributed by atoms with van der Waals surface area (Å²) in [7, 11) is 0. The molecule has 1 aliphatic rings. The topological polar surface area (TPSA) is 70.4 Å². The number of imide groups is 1. The average molecular weight is 300 g/mol. The summed E-state index contributed by atoms with van der Waals surface area (Å²) in [5.41, 5.74) is 0.867. The molecular formula is C17H20N2O3. The second-order valence-corrected chi connectivity index (χ2v) is 5.51. The van der Waals surface area contributed by atoms with Crippen molar-refractivity contribution in [3.05, 3.63) is 35.9 Å². The zero-order chi connectivity index (χ0) is 16.1. The minimum Gasteiger partial charge on any atom is -0.439 e. The molecule has 1 aromatic rings. The van der Waals surface area contributed by atoms with Crippen LogP contribution in [0.25, 0.3) is 0 Å². The summed E-state index contributed by atoms with van der Waals surface area (Å²) < 4.78 is 5.38. The maximum Gasteiger partial charge on any atom is 0.417 e. The number of ether oxygens (including phenoxy) is 1. The molecular weight excluding hydrogens is 280 g/mol. The molecule has 0 aromatic heterocycles. The van der Waals surface area contributed by atoms with Gasteiger partial charge in [-0.25, -0.2) is 9.69 Å². The number of amides is 2. The van der Waals surface area contributed by atoms with Gasteiger partial charge in [0.25, 0.3) is 0 Å². The van der Waals surface area contributed by atoms with Gasteiger partial charge in [-0.2, -0.15) is 5.26 Å². The Kier molecular flexibility index (Phi) is 5.16. The van der Waals surface area contributed by atoms with Crippen LogP contribution < -0.4 is 0 Å². The second-order valence-electron chi connectivity index (χ2n) is 5.51. The molecule has 1 unspecified atom stereocenters. The van der Waals surface area contributed by atoms with Crippen LogP contribution in [0.3, 0.4) is 0 Å². The maximum atomic E-state index is 12.6. The molecule has 1 aliphatic heterocycles. The molecule has 5 heteroatoms. The monoisotopic (exact) mass is 300 g/mol. The first kappa shape index (κ1) is 16.0. The summed E-state index contributed by atoms with van der Waals surface area (Å²) in [6, 6.07) is 11.0. The Labute approximate surface area is 130 Å². The van der Waals surface area contributed by atoms with Gasteiger partial charge in [-0.1, -0.05) is 43.7 Å². The fourth-order valence-corrected chi connectivity index (χ4v) is 2.81. The maximum absolute atomic E-state index is 12.6. The van der Waals surface area contributed by atoms with Crippen LogP contribution in [0, 0.1) is 17.2 Å². The fourth-order valence-electron chi connectivity index (χ4n) is 2.81. The lowest BCUT2D eigenvalue weighted by atomic mass is 9.97. The van der Waals surface area contributed by atoms with E-state index in [-0.39, 0.29) is 18.4 Å². The molecule has 0 radical (unpaired) electrons. The molecule has 0 N–H and O–H groups in total. The largest absolute Gasteiger partial charge is 0.439 e. The van der Waals surface area contributed by atoms with Gasteiger partial charge in [-0.3, -0.25) is 4.79 Å². The van der Waals surface area contributed by atoms with Crippen molar-refractivity contribution in [2.24, 2.45) is 5.92 Å². The van der Waals surface area contributed by atoms with Crippen molar-refractivity contribution < 1.29 is 14.3 Å². The Morgan fingerprint density at radius 2 is 2.09 bits per heavy atom. The molecule has 2 amide bonds. The lowest BCUT2D eigenvalue weighted by molar-refractivity contribution is -0.133. The van der Waals surface area contributed by atoms with E-state index in [1.54, 1.807) is 6.92 Å². The van der Waals surface area contributed by atoms with E-state index in [2.05, 4.69) is 0 Å². The predicted molar refractivity (Wildman–Crippen MR) is 80.6 cm³/mol. The van der Waals surface area contributed by atoms with Gasteiger partial charge in [0.1, 0.15) is 6.10 Å². The van der Waals surface area contributed by atoms with Crippen molar-refractivity contribution >= 4 is 12.0 Å². The van der Waals surface area contributed by atoms with Gasteiger partial charge in [0, 0.05) is 6.42 Å². The lowest BCUT2D eigenvalue weighted by Gasteiger charge is -2.23. The van der Waals surface area contributed by atoms with Gasteiger partial charge in [0.2, 0.25) is 5.91 Å². The smallest absolute Gasteiger partial charge is 0.417 e. The summed E-state index contributed by atoms with van der Waals surface area (Å²) in [6.45, 7) is 3.76. The van der Waals surface area contributed by atoms with Gasteiger partial charge < -0.3 is 4.74 Å². The minimum atomic E-state index is -0.620. The molecule has 5 nitrogen and oxygen atoms in total. The lowest BCUT2D eigenvalue weighted by Crippen LogP contribution is -2.41. The standard InChI is InChI=1S/C17H20N2O3/c1-3-7-14(10-11-18)16(20)19-12(2)15(22-17(19)21)13-8-5-4-6-9-13/h4-6,8-9,12,14-15H,3,7,10H2,1-2H3/t12-,14?,15-/m1/s1. The molecule has 3 atom stereocenters. The third kappa shape index (κ3) is 3.11. The van der Waals surface area contributed by atoms with Crippen molar-refractivity contribution in [3.8, 4) is 6.07 Å². The number of nitrogens with zero attached hydrogens (tertiary/aromatic N) is 2. The number of hydrogen-bond acceptors (Lipinski definition) is 4. The molecule has 0 saturated carbocycles. The highest BCUT2D eigenvalue weighted by Gasteiger charge is 2.44. The highest BCUT2D eigenvalue weighted by atomic mass is 16.6. The quantitative estimate of drug-likeness (QED) is 0.835. The van der Waals surface area contributed by atoms with Crippen LogP contribution in [-0.2, 0) is 9.53 Å². The number of hydrogen-bond donors (Lipinski definition) is 0. The molecule has 0 aliphatic carbocycles. The van der Waals surface area contributed by atoms with Gasteiger partial charge >= 0.3 is 6.09 Å². The fraction of sp³-hybridized carbons (Fsp3) is 0.471. The first-order valence-electron chi connectivity index (χ1n) is 7.55. The van der Waals surface area contributed by atoms with E-state index in [9.17, 15) is 9.59 Å². The SMILES string of the molecule is CCCC(CC#N)C(=O)N1C(=O)O[C@@H](c2ccccc2)[C@H]1C. The van der Waals surface area contributed by atoms with E-state index in [0.29, 0.717) is 6.42 Å². The normalized spacial score (nSPS) is 22.0. The summed E-state index contributed by atoms with van der Waals surface area (Å²) in [5.74, 6) is -0.751. The van der Waals surface area contributed by atoms with Crippen molar-refractivity contribution in [1.82, 2.24) is 4.90 Å². The zero-order valence-corrected chi connectivity index (χ0v) is 12.9. The minimum absolute atomic E-state index is 0.124. The van der Waals surface area contributed by atoms with E-state index in [1.165, 1.54) is 4.90 Å². The number of rotatable bonds is 5. The Hall–Kier alpha value is -2.35. The van der Waals surface area contributed by atoms with Crippen molar-refractivity contribution in [2.75, 3.05) is 0 Å². The molecule has 2 rings (SSSR count). The Balaban J connectivity index is 2.19. The summed E-state index contributed by atoms with van der Waals surface area (Å²) >= 11 is 0. The number of cyclic esters (lactones) is 1. The molecule has 1 aromatic carbocycles. The van der Waals surface area contributed by atoms with Crippen LogP contribution in [0.4, 0.5) is 4.79 Å². The Bertz CT molecular complexity index is 579. The van der Waals surface area contributed by atoms with Gasteiger partial charge in [0.15, 0.2) is 0 Å². The third-order valence-electron chi connectivity index (χ3n) is 3.96. The number of benzene rings is 1. The predicted octanol–water partition coefficient (Wildman–Crippen LogP) is 3.42. The summed E-state index contributed by atoms with van der Waals surface area (Å²) in [6.07, 6.45) is 0.433. The molecule has 1 heterocycles. The summed E-state index contributed by atoms with van der Waals surface area (Å²) in [4.78, 5) is 25.9. The molecule has 22 heavy (non-hydrogen) atoms. The van der Waals surface area contributed by atoms with Crippen LogP contribution in [0.1, 0.15) is 44.8 Å². The van der Waals surface area contributed by atoms with E-state index in [0.717, 1.165) is 12.0 Å². The average Bonchev–Trinajstić information content (AvgIpc) is 2.82.